The molecule has 11 nitrogen and oxygen atoms in total. The van der Waals surface area contributed by atoms with Crippen LogP contribution < -0.4 is 21.7 Å². The number of fused-ring (bicyclic) bond motifs is 1. The number of nitrogens with two attached hydrogens (primary N) is 1. The molecule has 0 radical (unpaired) electrons. The number of pyridine rings is 1. The molecule has 1 saturated carbocycles. The second-order valence-corrected chi connectivity index (χ2v) is 13.7. The van der Waals surface area contributed by atoms with Crippen molar-refractivity contribution in [1.29, 1.82) is 0 Å². The molecule has 0 saturated heterocycles. The number of aliphatic imine (C=N–C) groups is 1. The maximum atomic E-state index is 13.0. The minimum absolute atomic E-state index is 0.0487. The van der Waals surface area contributed by atoms with Crippen molar-refractivity contribution < 1.29 is 23.9 Å². The topological polar surface area (TPSA) is 157 Å². The second kappa shape index (κ2) is 14.7. The SMILES string of the molecule is CC(C)(C)OC(=O)NC(=NC1CCC(NC(=O)c2ccc(C#Cc3c(N)ncc4ccc(Cl)cc34)cc2)CC1)NC(=O)OC(C)(C)C. The standard InChI is InChI=1S/C35H41ClN6O5/c1-34(2,3)46-32(44)41-31(42-33(45)47-35(4,5)6)40-26-16-14-25(15-17-26)39-30(43)22-10-7-21(8-11-22)9-18-27-28-19-24(36)13-12-23(28)20-38-29(27)37/h7-8,10-13,19-20,25-26H,14-17H2,1-6H3,(H2,37,38)(H,39,43)(H2,40,41,42,44,45). The predicted octanol–water partition coefficient (Wildman–Crippen LogP) is 6.32. The third kappa shape index (κ3) is 10.9. The maximum Gasteiger partial charge on any atom is 0.414 e. The summed E-state index contributed by atoms with van der Waals surface area (Å²) >= 11 is 6.18. The van der Waals surface area contributed by atoms with Gasteiger partial charge in [0.1, 0.15) is 17.0 Å². The first-order chi connectivity index (χ1) is 22.0. The Bertz CT molecular complexity index is 1690. The fourth-order valence-electron chi connectivity index (χ4n) is 4.87. The molecule has 12 heteroatoms. The first-order valence-electron chi connectivity index (χ1n) is 15.4. The molecule has 47 heavy (non-hydrogen) atoms. The Morgan fingerprint density at radius 1 is 0.894 bits per heavy atom. The number of aromatic nitrogens is 1. The number of nitrogen functional groups attached to an aromatic ring is 1. The lowest BCUT2D eigenvalue weighted by molar-refractivity contribution is 0.0544. The number of hydrogen-bond donors (Lipinski definition) is 4. The number of nitrogens with zero attached hydrogens (tertiary/aromatic N) is 2. The van der Waals surface area contributed by atoms with Crippen molar-refractivity contribution in [3.8, 4) is 11.8 Å². The summed E-state index contributed by atoms with van der Waals surface area (Å²) in [6.45, 7) is 10.4. The number of rotatable bonds is 3. The lowest BCUT2D eigenvalue weighted by Crippen LogP contribution is -2.48. The third-order valence-electron chi connectivity index (χ3n) is 6.94. The van der Waals surface area contributed by atoms with Gasteiger partial charge in [-0.2, -0.15) is 0 Å². The molecule has 0 bridgehead atoms. The minimum atomic E-state index is -0.745. The van der Waals surface area contributed by atoms with E-state index in [1.54, 1.807) is 78.1 Å². The molecule has 0 atom stereocenters. The normalized spacial score (nSPS) is 16.2. The largest absolute Gasteiger partial charge is 0.444 e. The van der Waals surface area contributed by atoms with Crippen LogP contribution >= 0.6 is 11.6 Å². The van der Waals surface area contributed by atoms with E-state index in [2.05, 4.69) is 37.8 Å². The van der Waals surface area contributed by atoms with Crippen LogP contribution in [0.5, 0.6) is 0 Å². The third-order valence-corrected chi connectivity index (χ3v) is 7.18. The molecule has 1 aliphatic carbocycles. The number of carbonyl (C=O) groups excluding carboxylic acids is 3. The van der Waals surface area contributed by atoms with Gasteiger partial charge in [-0.1, -0.05) is 29.5 Å². The van der Waals surface area contributed by atoms with Crippen molar-refractivity contribution in [2.24, 2.45) is 4.99 Å². The van der Waals surface area contributed by atoms with Crippen LogP contribution in [0, 0.1) is 11.8 Å². The molecule has 1 aromatic heterocycles. The number of guanidine groups is 1. The van der Waals surface area contributed by atoms with Crippen molar-refractivity contribution in [2.75, 3.05) is 5.73 Å². The molecule has 0 aliphatic heterocycles. The molecular formula is C35H41ClN6O5. The Balaban J connectivity index is 1.35. The van der Waals surface area contributed by atoms with Gasteiger partial charge in [-0.05, 0) is 104 Å². The Kier molecular flexibility index (Phi) is 11.0. The van der Waals surface area contributed by atoms with Crippen LogP contribution in [0.15, 0.2) is 53.7 Å². The molecule has 1 fully saturated rings. The van der Waals surface area contributed by atoms with Crippen molar-refractivity contribution in [2.45, 2.75) is 90.5 Å². The van der Waals surface area contributed by atoms with Crippen LogP contribution in [0.2, 0.25) is 5.02 Å². The van der Waals surface area contributed by atoms with Crippen molar-refractivity contribution in [3.63, 3.8) is 0 Å². The van der Waals surface area contributed by atoms with E-state index in [0.717, 1.165) is 10.8 Å². The molecule has 2 aromatic carbocycles. The van der Waals surface area contributed by atoms with E-state index in [4.69, 9.17) is 26.8 Å². The second-order valence-electron chi connectivity index (χ2n) is 13.3. The predicted molar refractivity (Wildman–Crippen MR) is 183 cm³/mol. The molecule has 0 spiro atoms. The van der Waals surface area contributed by atoms with Gasteiger partial charge in [0.05, 0.1) is 11.6 Å². The molecule has 1 aliphatic rings. The van der Waals surface area contributed by atoms with Crippen LogP contribution in [0.1, 0.15) is 88.7 Å². The molecule has 3 amide bonds. The van der Waals surface area contributed by atoms with E-state index in [9.17, 15) is 14.4 Å². The number of hydrogen-bond acceptors (Lipinski definition) is 8. The van der Waals surface area contributed by atoms with Crippen LogP contribution in [0.4, 0.5) is 15.4 Å². The molecule has 4 rings (SSSR count). The van der Waals surface area contributed by atoms with E-state index < -0.39 is 23.4 Å². The summed E-state index contributed by atoms with van der Waals surface area (Å²) in [7, 11) is 0. The van der Waals surface area contributed by atoms with Crippen molar-refractivity contribution in [1.82, 2.24) is 20.9 Å². The first-order valence-corrected chi connectivity index (χ1v) is 15.8. The van der Waals surface area contributed by atoms with Gasteiger partial charge < -0.3 is 20.5 Å². The van der Waals surface area contributed by atoms with E-state index in [1.165, 1.54) is 0 Å². The monoisotopic (exact) mass is 660 g/mol. The number of halogens is 1. The van der Waals surface area contributed by atoms with Crippen LogP contribution in [0.3, 0.4) is 0 Å². The Labute approximate surface area is 280 Å². The van der Waals surface area contributed by atoms with Gasteiger partial charge in [0.2, 0.25) is 5.96 Å². The molecule has 3 aromatic rings. The molecule has 0 unspecified atom stereocenters. The number of benzene rings is 2. The highest BCUT2D eigenvalue weighted by Gasteiger charge is 2.26. The maximum absolute atomic E-state index is 13.0. The Hall–Kier alpha value is -4.82. The van der Waals surface area contributed by atoms with Crippen molar-refractivity contribution >= 4 is 52.2 Å². The van der Waals surface area contributed by atoms with Gasteiger partial charge in [0, 0.05) is 39.2 Å². The van der Waals surface area contributed by atoms with Gasteiger partial charge in [-0.25, -0.2) is 19.6 Å². The lowest BCUT2D eigenvalue weighted by Gasteiger charge is -2.28. The van der Waals surface area contributed by atoms with Crippen LogP contribution in [-0.4, -0.2) is 52.3 Å². The summed E-state index contributed by atoms with van der Waals surface area (Å²) in [5.41, 5.74) is 6.47. The first kappa shape index (κ1) is 35.0. The highest BCUT2D eigenvalue weighted by molar-refractivity contribution is 6.31. The highest BCUT2D eigenvalue weighted by Crippen LogP contribution is 2.25. The lowest BCUT2D eigenvalue weighted by atomic mass is 9.91. The van der Waals surface area contributed by atoms with Gasteiger partial charge in [0.25, 0.3) is 5.91 Å². The number of nitrogens with one attached hydrogen (secondary N) is 3. The summed E-state index contributed by atoms with van der Waals surface area (Å²) in [4.78, 5) is 46.6. The number of ether oxygens (including phenoxy) is 2. The van der Waals surface area contributed by atoms with Gasteiger partial charge in [0.15, 0.2) is 0 Å². The average Bonchev–Trinajstić information content (AvgIpc) is 2.96. The average molecular weight is 661 g/mol. The fourth-order valence-corrected chi connectivity index (χ4v) is 5.04. The Morgan fingerprint density at radius 3 is 2.06 bits per heavy atom. The summed E-state index contributed by atoms with van der Waals surface area (Å²) in [5, 5.41) is 10.4. The zero-order valence-corrected chi connectivity index (χ0v) is 28.2. The summed E-state index contributed by atoms with van der Waals surface area (Å²) in [5.74, 6) is 6.29. The zero-order chi connectivity index (χ0) is 34.4. The van der Waals surface area contributed by atoms with Gasteiger partial charge >= 0.3 is 12.2 Å². The summed E-state index contributed by atoms with van der Waals surface area (Å²) in [6.07, 6.45) is 2.79. The number of amides is 3. The quantitative estimate of drug-likeness (QED) is 0.146. The van der Waals surface area contributed by atoms with E-state index in [-0.39, 0.29) is 24.0 Å². The van der Waals surface area contributed by atoms with Gasteiger partial charge in [-0.3, -0.25) is 15.4 Å². The highest BCUT2D eigenvalue weighted by atomic mass is 35.5. The Morgan fingerprint density at radius 2 is 1.49 bits per heavy atom. The van der Waals surface area contributed by atoms with Gasteiger partial charge in [-0.15, -0.1) is 0 Å². The molecule has 248 valence electrons. The summed E-state index contributed by atoms with van der Waals surface area (Å²) in [6, 6.07) is 12.3. The van der Waals surface area contributed by atoms with Crippen LogP contribution in [0.25, 0.3) is 10.8 Å². The van der Waals surface area contributed by atoms with Crippen LogP contribution in [-0.2, 0) is 9.47 Å². The molecule has 1 heterocycles. The molecule has 5 N–H and O–H groups in total. The zero-order valence-electron chi connectivity index (χ0n) is 27.5. The molecular weight excluding hydrogens is 620 g/mol. The minimum Gasteiger partial charge on any atom is -0.444 e. The van der Waals surface area contributed by atoms with E-state index in [1.807, 2.05) is 12.1 Å². The number of carbonyl (C=O) groups is 3. The van der Waals surface area contributed by atoms with Crippen molar-refractivity contribution in [3.05, 3.63) is 70.4 Å². The smallest absolute Gasteiger partial charge is 0.414 e. The van der Waals surface area contributed by atoms with E-state index >= 15 is 0 Å². The number of anilines is 1. The fraction of sp³-hybridized carbons (Fsp3) is 0.400. The van der Waals surface area contributed by atoms with E-state index in [0.29, 0.717) is 53.2 Å². The summed E-state index contributed by atoms with van der Waals surface area (Å²) < 4.78 is 10.6. The number of alkyl carbamates (subject to hydrolysis) is 2.